The van der Waals surface area contributed by atoms with Gasteiger partial charge >= 0.3 is 0 Å². The van der Waals surface area contributed by atoms with Crippen LogP contribution in [0.25, 0.3) is 0 Å². The Kier molecular flexibility index (Phi) is 4.87. The highest BCUT2D eigenvalue weighted by Gasteiger charge is 2.12. The Morgan fingerprint density at radius 3 is 2.71 bits per heavy atom. The van der Waals surface area contributed by atoms with Crippen molar-refractivity contribution in [1.82, 2.24) is 15.3 Å². The largest absolute Gasteiger partial charge is 0.359 e. The van der Waals surface area contributed by atoms with Crippen LogP contribution in [0, 0.1) is 12.8 Å². The summed E-state index contributed by atoms with van der Waals surface area (Å²) >= 11 is 0. The van der Waals surface area contributed by atoms with E-state index in [-0.39, 0.29) is 11.9 Å². The zero-order valence-electron chi connectivity index (χ0n) is 10.8. The number of anilines is 1. The number of hydrogen-bond donors (Lipinski definition) is 2. The van der Waals surface area contributed by atoms with Gasteiger partial charge in [0.25, 0.3) is 0 Å². The third kappa shape index (κ3) is 4.80. The van der Waals surface area contributed by atoms with Crippen LogP contribution in [0.5, 0.6) is 0 Å². The number of nitrogens with zero attached hydrogens (tertiary/aromatic N) is 2. The molecule has 1 amide bonds. The summed E-state index contributed by atoms with van der Waals surface area (Å²) in [5.41, 5.74) is 0. The highest BCUT2D eigenvalue weighted by molar-refractivity contribution is 5.83. The second-order valence-corrected chi connectivity index (χ2v) is 4.49. The fourth-order valence-corrected chi connectivity index (χ4v) is 1.28. The van der Waals surface area contributed by atoms with E-state index in [0.29, 0.717) is 24.1 Å². The SMILES string of the molecule is Cc1nccc(NC(C)C(=O)NCC(C)C)n1. The Balaban J connectivity index is 2.48. The smallest absolute Gasteiger partial charge is 0.242 e. The first kappa shape index (κ1) is 13.4. The van der Waals surface area contributed by atoms with Crippen LogP contribution >= 0.6 is 0 Å². The van der Waals surface area contributed by atoms with E-state index in [0.717, 1.165) is 0 Å². The summed E-state index contributed by atoms with van der Waals surface area (Å²) in [5.74, 6) is 1.79. The van der Waals surface area contributed by atoms with Crippen molar-refractivity contribution in [3.05, 3.63) is 18.1 Å². The van der Waals surface area contributed by atoms with Gasteiger partial charge in [0.05, 0.1) is 0 Å². The van der Waals surface area contributed by atoms with Crippen molar-refractivity contribution in [1.29, 1.82) is 0 Å². The molecule has 1 unspecified atom stereocenters. The summed E-state index contributed by atoms with van der Waals surface area (Å²) in [6, 6.07) is 1.45. The minimum absolute atomic E-state index is 0.0186. The second kappa shape index (κ2) is 6.18. The molecule has 0 radical (unpaired) electrons. The van der Waals surface area contributed by atoms with Gasteiger partial charge in [-0.2, -0.15) is 0 Å². The van der Waals surface area contributed by atoms with E-state index in [1.807, 2.05) is 13.8 Å². The molecule has 1 atom stereocenters. The van der Waals surface area contributed by atoms with Crippen molar-refractivity contribution in [2.24, 2.45) is 5.92 Å². The number of rotatable bonds is 5. The third-order valence-corrected chi connectivity index (χ3v) is 2.22. The van der Waals surface area contributed by atoms with Crippen LogP contribution < -0.4 is 10.6 Å². The highest BCUT2D eigenvalue weighted by Crippen LogP contribution is 2.03. The molecule has 0 aromatic carbocycles. The fourth-order valence-electron chi connectivity index (χ4n) is 1.28. The first-order valence-corrected chi connectivity index (χ1v) is 5.83. The van der Waals surface area contributed by atoms with Gasteiger partial charge in [-0.15, -0.1) is 0 Å². The van der Waals surface area contributed by atoms with Gasteiger partial charge < -0.3 is 10.6 Å². The van der Waals surface area contributed by atoms with E-state index < -0.39 is 0 Å². The van der Waals surface area contributed by atoms with Crippen molar-refractivity contribution in [3.8, 4) is 0 Å². The maximum atomic E-state index is 11.7. The number of hydrogen-bond acceptors (Lipinski definition) is 4. The zero-order valence-corrected chi connectivity index (χ0v) is 10.8. The molecule has 0 saturated carbocycles. The summed E-state index contributed by atoms with van der Waals surface area (Å²) in [6.07, 6.45) is 1.67. The first-order valence-electron chi connectivity index (χ1n) is 5.83. The minimum atomic E-state index is -0.303. The lowest BCUT2D eigenvalue weighted by molar-refractivity contribution is -0.121. The van der Waals surface area contributed by atoms with E-state index in [1.54, 1.807) is 12.3 Å². The summed E-state index contributed by atoms with van der Waals surface area (Å²) in [4.78, 5) is 19.9. The molecule has 1 aromatic heterocycles. The van der Waals surface area contributed by atoms with Crippen LogP contribution in [0.2, 0.25) is 0 Å². The van der Waals surface area contributed by atoms with Gasteiger partial charge in [0.2, 0.25) is 5.91 Å². The minimum Gasteiger partial charge on any atom is -0.359 e. The topological polar surface area (TPSA) is 66.9 Å². The lowest BCUT2D eigenvalue weighted by Crippen LogP contribution is -2.39. The summed E-state index contributed by atoms with van der Waals surface area (Å²) in [7, 11) is 0. The van der Waals surface area contributed by atoms with E-state index in [9.17, 15) is 4.79 Å². The predicted molar refractivity (Wildman–Crippen MR) is 67.7 cm³/mol. The number of amides is 1. The molecule has 1 rings (SSSR count). The Morgan fingerprint density at radius 2 is 2.12 bits per heavy atom. The Morgan fingerprint density at radius 1 is 1.41 bits per heavy atom. The normalized spacial score (nSPS) is 12.3. The van der Waals surface area contributed by atoms with Crippen molar-refractivity contribution in [2.75, 3.05) is 11.9 Å². The van der Waals surface area contributed by atoms with Crippen LogP contribution in [-0.4, -0.2) is 28.5 Å². The monoisotopic (exact) mass is 236 g/mol. The average Bonchev–Trinajstić information content (AvgIpc) is 2.25. The highest BCUT2D eigenvalue weighted by atomic mass is 16.2. The molecule has 0 aliphatic carbocycles. The zero-order chi connectivity index (χ0) is 12.8. The molecular weight excluding hydrogens is 216 g/mol. The molecule has 2 N–H and O–H groups in total. The molecule has 0 aliphatic heterocycles. The third-order valence-electron chi connectivity index (χ3n) is 2.22. The molecule has 0 fully saturated rings. The van der Waals surface area contributed by atoms with E-state index >= 15 is 0 Å². The number of aromatic nitrogens is 2. The Labute approximate surface area is 102 Å². The van der Waals surface area contributed by atoms with Crippen molar-refractivity contribution >= 4 is 11.7 Å². The molecule has 5 heteroatoms. The van der Waals surface area contributed by atoms with Gasteiger partial charge in [-0.3, -0.25) is 4.79 Å². The molecule has 0 bridgehead atoms. The Bertz CT molecular complexity index is 379. The number of aryl methyl sites for hydroxylation is 1. The van der Waals surface area contributed by atoms with Crippen LogP contribution in [0.3, 0.4) is 0 Å². The Hall–Kier alpha value is -1.65. The molecule has 1 aromatic rings. The van der Waals surface area contributed by atoms with E-state index in [2.05, 4.69) is 34.4 Å². The molecule has 0 aliphatic rings. The van der Waals surface area contributed by atoms with Crippen molar-refractivity contribution < 1.29 is 4.79 Å². The quantitative estimate of drug-likeness (QED) is 0.810. The number of carbonyl (C=O) groups is 1. The van der Waals surface area contributed by atoms with Crippen molar-refractivity contribution in [3.63, 3.8) is 0 Å². The molecule has 0 spiro atoms. The molecule has 1 heterocycles. The molecule has 94 valence electrons. The number of carbonyl (C=O) groups excluding carboxylic acids is 1. The lowest BCUT2D eigenvalue weighted by atomic mass is 10.2. The fraction of sp³-hybridized carbons (Fsp3) is 0.583. The first-order chi connectivity index (χ1) is 7.99. The van der Waals surface area contributed by atoms with E-state index in [1.165, 1.54) is 0 Å². The van der Waals surface area contributed by atoms with Crippen LogP contribution in [0.4, 0.5) is 5.82 Å². The summed E-state index contributed by atoms with van der Waals surface area (Å²) < 4.78 is 0. The molecule has 17 heavy (non-hydrogen) atoms. The van der Waals surface area contributed by atoms with E-state index in [4.69, 9.17) is 0 Å². The van der Waals surface area contributed by atoms with Gasteiger partial charge in [-0.05, 0) is 25.8 Å². The average molecular weight is 236 g/mol. The van der Waals surface area contributed by atoms with Gasteiger partial charge in [0.15, 0.2) is 0 Å². The van der Waals surface area contributed by atoms with Gasteiger partial charge in [0.1, 0.15) is 17.7 Å². The molecular formula is C12H20N4O. The maximum absolute atomic E-state index is 11.7. The molecule has 5 nitrogen and oxygen atoms in total. The van der Waals surface area contributed by atoms with Crippen LogP contribution in [0.1, 0.15) is 26.6 Å². The maximum Gasteiger partial charge on any atom is 0.242 e. The van der Waals surface area contributed by atoms with Crippen LogP contribution in [0.15, 0.2) is 12.3 Å². The summed E-state index contributed by atoms with van der Waals surface area (Å²) in [5, 5.41) is 5.91. The van der Waals surface area contributed by atoms with Crippen molar-refractivity contribution in [2.45, 2.75) is 33.7 Å². The molecule has 0 saturated heterocycles. The number of nitrogens with one attached hydrogen (secondary N) is 2. The van der Waals surface area contributed by atoms with Gasteiger partial charge in [-0.25, -0.2) is 9.97 Å². The predicted octanol–water partition coefficient (Wildman–Crippen LogP) is 1.36. The lowest BCUT2D eigenvalue weighted by Gasteiger charge is -2.15. The second-order valence-electron chi connectivity index (χ2n) is 4.49. The standard InChI is InChI=1S/C12H20N4O/c1-8(2)7-14-12(17)9(3)15-11-5-6-13-10(4)16-11/h5-6,8-9H,7H2,1-4H3,(H,14,17)(H,13,15,16). The van der Waals surface area contributed by atoms with Crippen LogP contribution in [-0.2, 0) is 4.79 Å². The van der Waals surface area contributed by atoms with Gasteiger partial charge in [0, 0.05) is 12.7 Å². The van der Waals surface area contributed by atoms with Gasteiger partial charge in [-0.1, -0.05) is 13.8 Å². The summed E-state index contributed by atoms with van der Waals surface area (Å²) in [6.45, 7) is 8.44.